The van der Waals surface area contributed by atoms with Gasteiger partial charge in [0.1, 0.15) is 5.92 Å². The minimum Gasteiger partial charge on any atom is -0.273 e. The van der Waals surface area contributed by atoms with Crippen LogP contribution in [0.4, 0.5) is 17.1 Å². The van der Waals surface area contributed by atoms with E-state index in [0.717, 1.165) is 26.9 Å². The Hall–Kier alpha value is -4.56. The SMILES string of the molecule is O=C1C2ON(c3ccccc3)C(c3cccc4ccccc34)C2C(=O)N1c1ccc([N+](=O)[O-])cc1. The Labute approximate surface area is 200 Å². The number of carbonyl (C=O) groups is 2. The molecule has 2 saturated heterocycles. The van der Waals surface area contributed by atoms with Crippen LogP contribution in [0.5, 0.6) is 0 Å². The molecule has 0 N–H and O–H groups in total. The number of fused-ring (bicyclic) bond motifs is 2. The Kier molecular flexibility index (Phi) is 4.82. The van der Waals surface area contributed by atoms with Gasteiger partial charge in [-0.05, 0) is 40.6 Å². The number of non-ortho nitro benzene ring substituents is 1. The number of hydrogen-bond donors (Lipinski definition) is 0. The first-order valence-electron chi connectivity index (χ1n) is 11.2. The molecule has 6 rings (SSSR count). The quantitative estimate of drug-likeness (QED) is 0.244. The third-order valence-corrected chi connectivity index (χ3v) is 6.59. The zero-order valence-electron chi connectivity index (χ0n) is 18.4. The molecule has 0 radical (unpaired) electrons. The molecule has 0 saturated carbocycles. The lowest BCUT2D eigenvalue weighted by molar-refractivity contribution is -0.384. The van der Waals surface area contributed by atoms with Gasteiger partial charge in [-0.15, -0.1) is 0 Å². The molecule has 4 aromatic rings. The van der Waals surface area contributed by atoms with E-state index >= 15 is 0 Å². The monoisotopic (exact) mass is 465 g/mol. The highest BCUT2D eigenvalue weighted by atomic mass is 16.7. The molecule has 172 valence electrons. The van der Waals surface area contributed by atoms with E-state index in [1.54, 1.807) is 5.06 Å². The van der Waals surface area contributed by atoms with E-state index in [1.807, 2.05) is 72.8 Å². The van der Waals surface area contributed by atoms with Gasteiger partial charge in [-0.2, -0.15) is 0 Å². The van der Waals surface area contributed by atoms with Crippen LogP contribution >= 0.6 is 0 Å². The van der Waals surface area contributed by atoms with Crippen molar-refractivity contribution in [2.24, 2.45) is 5.92 Å². The summed E-state index contributed by atoms with van der Waals surface area (Å²) in [7, 11) is 0. The first-order valence-corrected chi connectivity index (χ1v) is 11.2. The number of nitrogens with zero attached hydrogens (tertiary/aromatic N) is 3. The molecule has 8 nitrogen and oxygen atoms in total. The van der Waals surface area contributed by atoms with Crippen molar-refractivity contribution in [1.82, 2.24) is 0 Å². The highest BCUT2D eigenvalue weighted by Crippen LogP contribution is 2.48. The maximum absolute atomic E-state index is 13.8. The van der Waals surface area contributed by atoms with Crippen LogP contribution in [0.15, 0.2) is 97.1 Å². The van der Waals surface area contributed by atoms with Crippen LogP contribution in [0.3, 0.4) is 0 Å². The summed E-state index contributed by atoms with van der Waals surface area (Å²) in [5, 5.41) is 14.7. The number of para-hydroxylation sites is 1. The second-order valence-corrected chi connectivity index (χ2v) is 8.51. The van der Waals surface area contributed by atoms with Crippen LogP contribution < -0.4 is 9.96 Å². The number of rotatable bonds is 4. The fraction of sp³-hybridized carbons (Fsp3) is 0.111. The molecule has 2 heterocycles. The van der Waals surface area contributed by atoms with Crippen molar-refractivity contribution in [1.29, 1.82) is 0 Å². The van der Waals surface area contributed by atoms with Crippen LogP contribution in [0.1, 0.15) is 11.6 Å². The lowest BCUT2D eigenvalue weighted by Gasteiger charge is -2.29. The second kappa shape index (κ2) is 8.03. The largest absolute Gasteiger partial charge is 0.273 e. The van der Waals surface area contributed by atoms with E-state index in [1.165, 1.54) is 24.3 Å². The van der Waals surface area contributed by atoms with Crippen LogP contribution in [-0.4, -0.2) is 22.8 Å². The van der Waals surface area contributed by atoms with E-state index in [9.17, 15) is 19.7 Å². The minimum atomic E-state index is -1.01. The highest BCUT2D eigenvalue weighted by molar-refractivity contribution is 6.24. The number of amides is 2. The molecule has 2 fully saturated rings. The van der Waals surface area contributed by atoms with E-state index in [2.05, 4.69) is 0 Å². The summed E-state index contributed by atoms with van der Waals surface area (Å²) in [5.41, 5.74) is 1.79. The Balaban J connectivity index is 1.47. The van der Waals surface area contributed by atoms with Gasteiger partial charge in [0.15, 0.2) is 6.10 Å². The third-order valence-electron chi connectivity index (χ3n) is 6.59. The minimum absolute atomic E-state index is 0.117. The highest BCUT2D eigenvalue weighted by Gasteiger charge is 2.60. The Morgan fingerprint density at radius 1 is 0.743 bits per heavy atom. The number of nitro groups is 1. The normalized spacial score (nSPS) is 21.5. The molecule has 35 heavy (non-hydrogen) atoms. The van der Waals surface area contributed by atoms with Gasteiger partial charge in [-0.3, -0.25) is 24.5 Å². The smallest absolute Gasteiger partial charge is 0.269 e. The van der Waals surface area contributed by atoms with Gasteiger partial charge in [0.25, 0.3) is 11.6 Å². The Bertz CT molecular complexity index is 1470. The van der Waals surface area contributed by atoms with Crippen LogP contribution in [-0.2, 0) is 14.4 Å². The Morgan fingerprint density at radius 2 is 1.43 bits per heavy atom. The van der Waals surface area contributed by atoms with Crippen LogP contribution in [0.25, 0.3) is 10.8 Å². The van der Waals surface area contributed by atoms with Gasteiger partial charge < -0.3 is 0 Å². The third kappa shape index (κ3) is 3.26. The molecule has 2 aliphatic heterocycles. The average molecular weight is 465 g/mol. The molecule has 0 spiro atoms. The first kappa shape index (κ1) is 21.0. The maximum Gasteiger partial charge on any atom is 0.269 e. The van der Waals surface area contributed by atoms with Crippen LogP contribution in [0, 0.1) is 16.0 Å². The number of carbonyl (C=O) groups excluding carboxylic acids is 2. The zero-order valence-corrected chi connectivity index (χ0v) is 18.4. The lowest BCUT2D eigenvalue weighted by atomic mass is 9.87. The predicted octanol–water partition coefficient (Wildman–Crippen LogP) is 4.80. The number of imide groups is 1. The predicted molar refractivity (Wildman–Crippen MR) is 130 cm³/mol. The summed E-state index contributed by atoms with van der Waals surface area (Å²) in [5.74, 6) is -1.67. The maximum atomic E-state index is 13.8. The summed E-state index contributed by atoms with van der Waals surface area (Å²) in [6.07, 6.45) is -1.01. The summed E-state index contributed by atoms with van der Waals surface area (Å²) in [6.45, 7) is 0. The van der Waals surface area contributed by atoms with E-state index in [4.69, 9.17) is 4.84 Å². The molecule has 0 aliphatic carbocycles. The number of benzene rings is 4. The second-order valence-electron chi connectivity index (χ2n) is 8.51. The first-order chi connectivity index (χ1) is 17.0. The van der Waals surface area contributed by atoms with Crippen molar-refractivity contribution in [2.45, 2.75) is 12.1 Å². The van der Waals surface area contributed by atoms with Crippen molar-refractivity contribution in [3.63, 3.8) is 0 Å². The standard InChI is InChI=1S/C27H19N3O5/c31-26-23-24(22-12-6-8-17-7-4-5-11-21(17)22)29(19-9-2-1-3-10-19)35-25(23)27(32)28(26)18-13-15-20(16-14-18)30(33)34/h1-16,23-25H. The molecule has 3 unspecified atom stereocenters. The molecular formula is C27H19N3O5. The van der Waals surface area contributed by atoms with Crippen molar-refractivity contribution in [2.75, 3.05) is 9.96 Å². The summed E-state index contributed by atoms with van der Waals surface area (Å²) < 4.78 is 0. The van der Waals surface area contributed by atoms with E-state index in [-0.39, 0.29) is 11.4 Å². The number of anilines is 2. The van der Waals surface area contributed by atoms with Crippen LogP contribution in [0.2, 0.25) is 0 Å². The molecular weight excluding hydrogens is 446 g/mol. The van der Waals surface area contributed by atoms with E-state index < -0.39 is 34.8 Å². The van der Waals surface area contributed by atoms with Gasteiger partial charge in [0.2, 0.25) is 5.91 Å². The Morgan fingerprint density at radius 3 is 2.17 bits per heavy atom. The zero-order chi connectivity index (χ0) is 24.1. The fourth-order valence-electron chi connectivity index (χ4n) is 5.02. The molecule has 2 amide bonds. The van der Waals surface area contributed by atoms with Gasteiger partial charge in [-0.1, -0.05) is 60.7 Å². The molecule has 8 heteroatoms. The summed E-state index contributed by atoms with van der Waals surface area (Å²) in [4.78, 5) is 45.0. The van der Waals surface area contributed by atoms with Gasteiger partial charge >= 0.3 is 0 Å². The van der Waals surface area contributed by atoms with Crippen molar-refractivity contribution in [3.8, 4) is 0 Å². The number of nitro benzene ring substituents is 1. The topological polar surface area (TPSA) is 93.0 Å². The van der Waals surface area contributed by atoms with E-state index in [0.29, 0.717) is 0 Å². The van der Waals surface area contributed by atoms with Crippen molar-refractivity contribution >= 4 is 39.6 Å². The number of hydroxylamine groups is 1. The van der Waals surface area contributed by atoms with Gasteiger partial charge in [0.05, 0.1) is 22.3 Å². The molecule has 0 aromatic heterocycles. The molecule has 2 aliphatic rings. The van der Waals surface area contributed by atoms with Crippen molar-refractivity contribution < 1.29 is 19.3 Å². The van der Waals surface area contributed by atoms with Crippen molar-refractivity contribution in [3.05, 3.63) is 113 Å². The summed E-state index contributed by atoms with van der Waals surface area (Å²) >= 11 is 0. The molecule has 4 aromatic carbocycles. The molecule has 0 bridgehead atoms. The number of hydrogen-bond acceptors (Lipinski definition) is 6. The van der Waals surface area contributed by atoms with Gasteiger partial charge in [-0.25, -0.2) is 9.96 Å². The summed E-state index contributed by atoms with van der Waals surface area (Å²) in [6, 6.07) is 28.0. The average Bonchev–Trinajstić information content (AvgIpc) is 3.40. The van der Waals surface area contributed by atoms with Gasteiger partial charge in [0, 0.05) is 12.1 Å². The lowest BCUT2D eigenvalue weighted by Crippen LogP contribution is -2.37. The molecule has 3 atom stereocenters. The fourth-order valence-corrected chi connectivity index (χ4v) is 5.02.